The monoisotopic (exact) mass is 315 g/mol. The highest BCUT2D eigenvalue weighted by atomic mass is 16.5. The Bertz CT molecular complexity index is 678. The normalized spacial score (nSPS) is 20.9. The molecule has 5 nitrogen and oxygen atoms in total. The van der Waals surface area contributed by atoms with Crippen molar-refractivity contribution in [2.24, 2.45) is 0 Å². The highest BCUT2D eigenvalue weighted by Gasteiger charge is 2.36. The summed E-state index contributed by atoms with van der Waals surface area (Å²) >= 11 is 0. The van der Waals surface area contributed by atoms with E-state index < -0.39 is 0 Å². The van der Waals surface area contributed by atoms with Gasteiger partial charge in [-0.1, -0.05) is 12.1 Å². The minimum Gasteiger partial charge on any atom is -0.493 e. The molecular formula is C18H21NO4. The van der Waals surface area contributed by atoms with Crippen LogP contribution in [0.3, 0.4) is 0 Å². The molecule has 1 N–H and O–H groups in total. The van der Waals surface area contributed by atoms with E-state index in [9.17, 15) is 9.59 Å². The molecule has 2 aliphatic rings. The van der Waals surface area contributed by atoms with Gasteiger partial charge in [-0.2, -0.15) is 0 Å². The van der Waals surface area contributed by atoms with Gasteiger partial charge in [0.05, 0.1) is 13.7 Å². The average Bonchev–Trinajstić information content (AvgIpc) is 2.54. The van der Waals surface area contributed by atoms with Crippen molar-refractivity contribution in [2.45, 2.75) is 38.5 Å². The summed E-state index contributed by atoms with van der Waals surface area (Å²) in [7, 11) is 1.59. The fraction of sp³-hybridized carbons (Fsp3) is 0.444. The van der Waals surface area contributed by atoms with Gasteiger partial charge >= 0.3 is 0 Å². The number of benzene rings is 1. The number of methoxy groups -OCH3 is 1. The smallest absolute Gasteiger partial charge is 0.225 e. The second-order valence-corrected chi connectivity index (χ2v) is 5.79. The molecular weight excluding hydrogens is 294 g/mol. The van der Waals surface area contributed by atoms with Gasteiger partial charge in [-0.05, 0) is 25.8 Å². The zero-order valence-corrected chi connectivity index (χ0v) is 13.5. The third-order valence-corrected chi connectivity index (χ3v) is 4.38. The van der Waals surface area contributed by atoms with Crippen LogP contribution in [0.25, 0.3) is 0 Å². The zero-order valence-electron chi connectivity index (χ0n) is 13.5. The maximum atomic E-state index is 12.5. The molecule has 1 atom stereocenters. The molecule has 1 aliphatic carbocycles. The third kappa shape index (κ3) is 2.83. The number of para-hydroxylation sites is 1. The fourth-order valence-electron chi connectivity index (χ4n) is 3.44. The van der Waals surface area contributed by atoms with Gasteiger partial charge in [0.25, 0.3) is 0 Å². The lowest BCUT2D eigenvalue weighted by Crippen LogP contribution is -2.36. The Morgan fingerprint density at radius 1 is 1.26 bits per heavy atom. The van der Waals surface area contributed by atoms with Gasteiger partial charge < -0.3 is 14.8 Å². The van der Waals surface area contributed by atoms with E-state index >= 15 is 0 Å². The number of carbonyl (C=O) groups is 2. The van der Waals surface area contributed by atoms with Crippen LogP contribution in [0.15, 0.2) is 29.5 Å². The van der Waals surface area contributed by atoms with E-state index in [1.165, 1.54) is 0 Å². The van der Waals surface area contributed by atoms with Gasteiger partial charge in [0.1, 0.15) is 0 Å². The first kappa shape index (κ1) is 15.6. The maximum Gasteiger partial charge on any atom is 0.225 e. The number of hydrogen-bond acceptors (Lipinski definition) is 4. The lowest BCUT2D eigenvalue weighted by atomic mass is 9.77. The second-order valence-electron chi connectivity index (χ2n) is 5.79. The summed E-state index contributed by atoms with van der Waals surface area (Å²) in [5, 5.41) is 2.88. The van der Waals surface area contributed by atoms with Crippen LogP contribution in [-0.4, -0.2) is 25.4 Å². The lowest BCUT2D eigenvalue weighted by Gasteiger charge is -2.32. The number of ketones is 1. The molecule has 0 unspecified atom stereocenters. The number of allylic oxidation sites excluding steroid dienone is 2. The highest BCUT2D eigenvalue weighted by Crippen LogP contribution is 2.44. The molecule has 1 aliphatic heterocycles. The Balaban J connectivity index is 2.13. The van der Waals surface area contributed by atoms with Gasteiger partial charge in [-0.25, -0.2) is 0 Å². The Morgan fingerprint density at radius 3 is 2.83 bits per heavy atom. The van der Waals surface area contributed by atoms with E-state index in [1.807, 2.05) is 25.1 Å². The topological polar surface area (TPSA) is 64.6 Å². The van der Waals surface area contributed by atoms with E-state index in [1.54, 1.807) is 7.11 Å². The first-order valence-corrected chi connectivity index (χ1v) is 8.01. The number of rotatable bonds is 4. The summed E-state index contributed by atoms with van der Waals surface area (Å²) in [6.45, 7) is 2.40. The number of hydrogen-bond donors (Lipinski definition) is 1. The zero-order chi connectivity index (χ0) is 16.4. The Kier molecular flexibility index (Phi) is 4.37. The van der Waals surface area contributed by atoms with Crippen LogP contribution in [-0.2, 0) is 9.59 Å². The van der Waals surface area contributed by atoms with Gasteiger partial charge in [-0.3, -0.25) is 9.59 Å². The second kappa shape index (κ2) is 6.44. The van der Waals surface area contributed by atoms with Gasteiger partial charge in [0.2, 0.25) is 5.91 Å². The molecule has 0 bridgehead atoms. The highest BCUT2D eigenvalue weighted by molar-refractivity contribution is 6.01. The number of Topliss-reactive ketones (excluding diaryl/α,β-unsaturated/α-hetero) is 1. The van der Waals surface area contributed by atoms with Crippen molar-refractivity contribution >= 4 is 11.7 Å². The van der Waals surface area contributed by atoms with Crippen LogP contribution in [0.5, 0.6) is 11.5 Å². The molecule has 5 heteroatoms. The Morgan fingerprint density at radius 2 is 2.09 bits per heavy atom. The van der Waals surface area contributed by atoms with Gasteiger partial charge in [-0.15, -0.1) is 0 Å². The number of nitrogens with one attached hydrogen (secondary N) is 1. The summed E-state index contributed by atoms with van der Waals surface area (Å²) < 4.78 is 11.2. The predicted octanol–water partition coefficient (Wildman–Crippen LogP) is 2.70. The fourth-order valence-corrected chi connectivity index (χ4v) is 3.44. The summed E-state index contributed by atoms with van der Waals surface area (Å²) in [4.78, 5) is 24.6. The van der Waals surface area contributed by atoms with E-state index in [4.69, 9.17) is 9.47 Å². The average molecular weight is 315 g/mol. The molecule has 122 valence electrons. The summed E-state index contributed by atoms with van der Waals surface area (Å²) in [5.41, 5.74) is 2.38. The molecule has 0 fully saturated rings. The lowest BCUT2D eigenvalue weighted by molar-refractivity contribution is -0.122. The van der Waals surface area contributed by atoms with E-state index in [-0.39, 0.29) is 24.0 Å². The largest absolute Gasteiger partial charge is 0.493 e. The number of amides is 1. The summed E-state index contributed by atoms with van der Waals surface area (Å²) in [6, 6.07) is 5.62. The molecule has 0 saturated carbocycles. The molecule has 23 heavy (non-hydrogen) atoms. The van der Waals surface area contributed by atoms with Crippen molar-refractivity contribution in [1.82, 2.24) is 5.32 Å². The molecule has 0 saturated heterocycles. The van der Waals surface area contributed by atoms with Crippen molar-refractivity contribution in [3.8, 4) is 11.5 Å². The van der Waals surface area contributed by atoms with Crippen LogP contribution < -0.4 is 14.8 Å². The Labute approximate surface area is 135 Å². The third-order valence-electron chi connectivity index (χ3n) is 4.38. The predicted molar refractivity (Wildman–Crippen MR) is 85.5 cm³/mol. The SMILES string of the molecule is CCOc1c(OC)cccc1[C@@H]1CC(=O)NC2=C1C(=O)CCC2. The van der Waals surface area contributed by atoms with Crippen molar-refractivity contribution in [2.75, 3.05) is 13.7 Å². The minimum absolute atomic E-state index is 0.0475. The van der Waals surface area contributed by atoms with Crippen LogP contribution in [0, 0.1) is 0 Å². The van der Waals surface area contributed by atoms with Crippen LogP contribution >= 0.6 is 0 Å². The van der Waals surface area contributed by atoms with Crippen LogP contribution in [0.1, 0.15) is 44.1 Å². The van der Waals surface area contributed by atoms with Crippen molar-refractivity contribution in [3.63, 3.8) is 0 Å². The van der Waals surface area contributed by atoms with Crippen LogP contribution in [0.2, 0.25) is 0 Å². The first-order chi connectivity index (χ1) is 11.2. The molecule has 3 rings (SSSR count). The summed E-state index contributed by atoms with van der Waals surface area (Å²) in [5.74, 6) is 1.07. The van der Waals surface area contributed by atoms with E-state index in [0.717, 1.165) is 29.7 Å². The first-order valence-electron chi connectivity index (χ1n) is 8.01. The molecule has 0 spiro atoms. The van der Waals surface area contributed by atoms with Crippen molar-refractivity contribution in [3.05, 3.63) is 35.0 Å². The summed E-state index contributed by atoms with van der Waals surface area (Å²) in [6.07, 6.45) is 2.34. The number of ether oxygens (including phenoxy) is 2. The molecule has 1 heterocycles. The molecule has 0 aromatic heterocycles. The van der Waals surface area contributed by atoms with Crippen LogP contribution in [0.4, 0.5) is 0 Å². The number of carbonyl (C=O) groups excluding carboxylic acids is 2. The molecule has 1 aromatic rings. The maximum absolute atomic E-state index is 12.5. The van der Waals surface area contributed by atoms with Crippen molar-refractivity contribution in [1.29, 1.82) is 0 Å². The van der Waals surface area contributed by atoms with Crippen molar-refractivity contribution < 1.29 is 19.1 Å². The van der Waals surface area contributed by atoms with Gasteiger partial charge in [0, 0.05) is 35.6 Å². The van der Waals surface area contributed by atoms with Gasteiger partial charge in [0.15, 0.2) is 17.3 Å². The Hall–Kier alpha value is -2.30. The van der Waals surface area contributed by atoms with E-state index in [0.29, 0.717) is 24.5 Å². The quantitative estimate of drug-likeness (QED) is 0.928. The molecule has 1 amide bonds. The minimum atomic E-state index is -0.261. The molecule has 0 radical (unpaired) electrons. The standard InChI is InChI=1S/C18H21NO4/c1-3-23-18-11(6-4-9-15(18)22-2)12-10-16(21)19-13-7-5-8-14(20)17(12)13/h4,6,9,12H,3,5,7-8,10H2,1-2H3,(H,19,21)/t12-/m0/s1. The molecule has 1 aromatic carbocycles. The van der Waals surface area contributed by atoms with E-state index in [2.05, 4.69) is 5.32 Å².